The molecule has 2 atom stereocenters. The van der Waals surface area contributed by atoms with Crippen molar-refractivity contribution < 1.29 is 8.42 Å². The maximum atomic E-state index is 11.4. The van der Waals surface area contributed by atoms with Crippen LogP contribution < -0.4 is 10.6 Å². The number of rotatable bonds is 1. The van der Waals surface area contributed by atoms with Gasteiger partial charge in [0.25, 0.3) is 0 Å². The van der Waals surface area contributed by atoms with Gasteiger partial charge in [-0.2, -0.15) is 0 Å². The molecule has 2 N–H and O–H groups in total. The van der Waals surface area contributed by atoms with Crippen molar-refractivity contribution in [1.82, 2.24) is 10.6 Å². The molecular weight excluding hydrogens is 202 g/mol. The summed E-state index contributed by atoms with van der Waals surface area (Å²) in [5.74, 6) is 1.04. The van der Waals surface area contributed by atoms with Crippen molar-refractivity contribution in [3.8, 4) is 0 Å². The molecule has 0 aliphatic carbocycles. The summed E-state index contributed by atoms with van der Waals surface area (Å²) in [7, 11) is -2.86. The molecule has 80 valence electrons. The molecule has 0 spiro atoms. The molecule has 0 bridgehead atoms. The highest BCUT2D eigenvalue weighted by molar-refractivity contribution is 7.92. The Morgan fingerprint density at radius 2 is 2.36 bits per heavy atom. The smallest absolute Gasteiger partial charge is 0.191 e. The summed E-state index contributed by atoms with van der Waals surface area (Å²) in [5.41, 5.74) is 0. The first-order valence-corrected chi connectivity index (χ1v) is 6.57. The van der Waals surface area contributed by atoms with E-state index in [1.54, 1.807) is 6.92 Å². The number of hydrogen-bond acceptors (Lipinski definition) is 5. The number of guanidine groups is 1. The van der Waals surface area contributed by atoms with Gasteiger partial charge in [0.1, 0.15) is 0 Å². The van der Waals surface area contributed by atoms with E-state index in [2.05, 4.69) is 15.6 Å². The van der Waals surface area contributed by atoms with Gasteiger partial charge in [0.05, 0.1) is 17.5 Å². The van der Waals surface area contributed by atoms with Crippen molar-refractivity contribution in [1.29, 1.82) is 0 Å². The molecule has 2 unspecified atom stereocenters. The average Bonchev–Trinajstić information content (AvgIpc) is 2.70. The Hall–Kier alpha value is -0.780. The normalized spacial score (nSPS) is 35.1. The average molecular weight is 217 g/mol. The van der Waals surface area contributed by atoms with Crippen LogP contribution in [0.1, 0.15) is 13.3 Å². The van der Waals surface area contributed by atoms with E-state index in [1.165, 1.54) is 0 Å². The maximum absolute atomic E-state index is 11.4. The minimum Gasteiger partial charge on any atom is -0.355 e. The summed E-state index contributed by atoms with van der Waals surface area (Å²) >= 11 is 0. The SMILES string of the molecule is CC1C(NC2=NCCN2)CCS1(=O)=O. The Balaban J connectivity index is 2.00. The number of nitrogens with zero attached hydrogens (tertiary/aromatic N) is 1. The van der Waals surface area contributed by atoms with Gasteiger partial charge in [-0.3, -0.25) is 4.99 Å². The Labute approximate surface area is 83.9 Å². The standard InChI is InChI=1S/C8H15N3O2S/c1-6-7(2-5-14(6,12)13)11-8-9-3-4-10-8/h6-7H,2-5H2,1H3,(H2,9,10,11). The predicted molar refractivity (Wildman–Crippen MR) is 55.1 cm³/mol. The monoisotopic (exact) mass is 217 g/mol. The largest absolute Gasteiger partial charge is 0.355 e. The van der Waals surface area contributed by atoms with Crippen LogP contribution in [0.15, 0.2) is 4.99 Å². The van der Waals surface area contributed by atoms with Crippen LogP contribution in [0.5, 0.6) is 0 Å². The van der Waals surface area contributed by atoms with Crippen LogP contribution in [0.4, 0.5) is 0 Å². The summed E-state index contributed by atoms with van der Waals surface area (Å²) in [4.78, 5) is 4.18. The van der Waals surface area contributed by atoms with Crippen LogP contribution in [-0.4, -0.2) is 44.5 Å². The Morgan fingerprint density at radius 1 is 1.57 bits per heavy atom. The van der Waals surface area contributed by atoms with E-state index in [4.69, 9.17) is 0 Å². The lowest BCUT2D eigenvalue weighted by Crippen LogP contribution is -2.44. The summed E-state index contributed by atoms with van der Waals surface area (Å²) in [6.07, 6.45) is 0.685. The summed E-state index contributed by atoms with van der Waals surface area (Å²) in [5, 5.41) is 5.92. The molecule has 0 radical (unpaired) electrons. The van der Waals surface area contributed by atoms with E-state index in [0.717, 1.165) is 19.0 Å². The molecule has 6 heteroatoms. The fraction of sp³-hybridized carbons (Fsp3) is 0.875. The van der Waals surface area contributed by atoms with Gasteiger partial charge in [-0.1, -0.05) is 0 Å². The van der Waals surface area contributed by atoms with E-state index in [-0.39, 0.29) is 11.3 Å². The van der Waals surface area contributed by atoms with E-state index in [9.17, 15) is 8.42 Å². The van der Waals surface area contributed by atoms with Gasteiger partial charge in [0, 0.05) is 12.6 Å². The highest BCUT2D eigenvalue weighted by Crippen LogP contribution is 2.20. The van der Waals surface area contributed by atoms with Crippen molar-refractivity contribution in [3.63, 3.8) is 0 Å². The van der Waals surface area contributed by atoms with Crippen molar-refractivity contribution >= 4 is 15.8 Å². The molecule has 5 nitrogen and oxygen atoms in total. The van der Waals surface area contributed by atoms with Crippen LogP contribution in [0, 0.1) is 0 Å². The second kappa shape index (κ2) is 3.42. The lowest BCUT2D eigenvalue weighted by molar-refractivity contribution is 0.570. The fourth-order valence-corrected chi connectivity index (χ4v) is 3.48. The summed E-state index contributed by atoms with van der Waals surface area (Å²) in [6.45, 7) is 3.38. The second-order valence-electron chi connectivity index (χ2n) is 3.77. The summed E-state index contributed by atoms with van der Waals surface area (Å²) < 4.78 is 22.9. The number of nitrogens with one attached hydrogen (secondary N) is 2. The zero-order chi connectivity index (χ0) is 10.2. The highest BCUT2D eigenvalue weighted by atomic mass is 32.2. The lowest BCUT2D eigenvalue weighted by atomic mass is 10.2. The zero-order valence-electron chi connectivity index (χ0n) is 8.16. The molecule has 2 heterocycles. The summed E-state index contributed by atoms with van der Waals surface area (Å²) in [6, 6.07) is 0.0179. The fourth-order valence-electron chi connectivity index (χ4n) is 1.82. The van der Waals surface area contributed by atoms with Crippen LogP contribution >= 0.6 is 0 Å². The first-order chi connectivity index (χ1) is 6.59. The maximum Gasteiger partial charge on any atom is 0.191 e. The minimum absolute atomic E-state index is 0.0179. The van der Waals surface area contributed by atoms with Crippen LogP contribution in [-0.2, 0) is 9.84 Å². The Morgan fingerprint density at radius 3 is 2.86 bits per heavy atom. The molecule has 2 rings (SSSR count). The van der Waals surface area contributed by atoms with Gasteiger partial charge in [-0.05, 0) is 13.3 Å². The second-order valence-corrected chi connectivity index (χ2v) is 6.25. The molecule has 1 saturated heterocycles. The first-order valence-electron chi connectivity index (χ1n) is 4.86. The quantitative estimate of drug-likeness (QED) is 0.598. The van der Waals surface area contributed by atoms with Crippen molar-refractivity contribution in [2.24, 2.45) is 4.99 Å². The van der Waals surface area contributed by atoms with Crippen molar-refractivity contribution in [2.75, 3.05) is 18.8 Å². The van der Waals surface area contributed by atoms with Crippen molar-refractivity contribution in [2.45, 2.75) is 24.6 Å². The van der Waals surface area contributed by atoms with Gasteiger partial charge in [0.2, 0.25) is 0 Å². The highest BCUT2D eigenvalue weighted by Gasteiger charge is 2.37. The first kappa shape index (κ1) is 9.76. The third kappa shape index (κ3) is 1.70. The Kier molecular flexibility index (Phi) is 2.38. The van der Waals surface area contributed by atoms with Gasteiger partial charge in [-0.25, -0.2) is 8.42 Å². The van der Waals surface area contributed by atoms with Crippen molar-refractivity contribution in [3.05, 3.63) is 0 Å². The molecule has 0 amide bonds. The molecule has 14 heavy (non-hydrogen) atoms. The van der Waals surface area contributed by atoms with Gasteiger partial charge in [-0.15, -0.1) is 0 Å². The molecule has 2 aliphatic rings. The number of hydrogen-bond donors (Lipinski definition) is 2. The third-order valence-electron chi connectivity index (χ3n) is 2.84. The molecule has 2 aliphatic heterocycles. The van der Waals surface area contributed by atoms with Gasteiger partial charge in [0.15, 0.2) is 15.8 Å². The van der Waals surface area contributed by atoms with Crippen LogP contribution in [0.25, 0.3) is 0 Å². The topological polar surface area (TPSA) is 70.6 Å². The zero-order valence-corrected chi connectivity index (χ0v) is 8.97. The third-order valence-corrected chi connectivity index (χ3v) is 5.11. The minimum atomic E-state index is -2.86. The lowest BCUT2D eigenvalue weighted by Gasteiger charge is -2.17. The van der Waals surface area contributed by atoms with Crippen LogP contribution in [0.2, 0.25) is 0 Å². The molecular formula is C8H15N3O2S. The molecule has 0 aromatic carbocycles. The van der Waals surface area contributed by atoms with E-state index in [0.29, 0.717) is 12.2 Å². The van der Waals surface area contributed by atoms with Crippen LogP contribution in [0.3, 0.4) is 0 Å². The molecule has 0 saturated carbocycles. The van der Waals surface area contributed by atoms with E-state index >= 15 is 0 Å². The van der Waals surface area contributed by atoms with Gasteiger partial charge >= 0.3 is 0 Å². The number of sulfone groups is 1. The molecule has 0 aromatic rings. The molecule has 1 fully saturated rings. The van der Waals surface area contributed by atoms with E-state index in [1.807, 2.05) is 0 Å². The predicted octanol–water partition coefficient (Wildman–Crippen LogP) is -0.889. The van der Waals surface area contributed by atoms with Gasteiger partial charge < -0.3 is 10.6 Å². The number of aliphatic imine (C=N–C) groups is 1. The molecule has 0 aromatic heterocycles. The Bertz CT molecular complexity index is 350. The van der Waals surface area contributed by atoms with E-state index < -0.39 is 9.84 Å².